The van der Waals surface area contributed by atoms with Crippen molar-refractivity contribution in [1.82, 2.24) is 0 Å². The van der Waals surface area contributed by atoms with E-state index in [-0.39, 0.29) is 11.3 Å². The summed E-state index contributed by atoms with van der Waals surface area (Å²) in [7, 11) is 0. The summed E-state index contributed by atoms with van der Waals surface area (Å²) in [4.78, 5) is 0. The number of halogens is 3. The molecule has 14 heavy (non-hydrogen) atoms. The fourth-order valence-electron chi connectivity index (χ4n) is 1.15. The van der Waals surface area contributed by atoms with E-state index < -0.39 is 11.6 Å². The molecule has 0 aliphatic carbocycles. The van der Waals surface area contributed by atoms with E-state index in [2.05, 4.69) is 0 Å². The van der Waals surface area contributed by atoms with Crippen molar-refractivity contribution in [2.45, 2.75) is 25.6 Å². The van der Waals surface area contributed by atoms with Crippen LogP contribution >= 0.6 is 11.6 Å². The van der Waals surface area contributed by atoms with Crippen LogP contribution in [0.15, 0.2) is 18.2 Å². The standard InChI is InChI=1S/C11H13ClF2/c1-7(2)9(12)6-8-4-3-5-10(13)11(8)14/h3-5,7,9H,6H2,1-2H3. The molecular formula is C11H13ClF2. The van der Waals surface area contributed by atoms with Crippen molar-refractivity contribution in [2.24, 2.45) is 5.92 Å². The summed E-state index contributed by atoms with van der Waals surface area (Å²) >= 11 is 5.99. The lowest BCUT2D eigenvalue weighted by Crippen LogP contribution is -2.12. The van der Waals surface area contributed by atoms with Crippen LogP contribution < -0.4 is 0 Å². The Balaban J connectivity index is 2.82. The highest BCUT2D eigenvalue weighted by atomic mass is 35.5. The zero-order valence-electron chi connectivity index (χ0n) is 8.23. The quantitative estimate of drug-likeness (QED) is 0.678. The third-order valence-corrected chi connectivity index (χ3v) is 2.83. The second kappa shape index (κ2) is 4.74. The molecule has 0 amide bonds. The molecule has 0 N–H and O–H groups in total. The summed E-state index contributed by atoms with van der Waals surface area (Å²) in [5, 5.41) is -0.161. The summed E-state index contributed by atoms with van der Waals surface area (Å²) in [6, 6.07) is 4.17. The van der Waals surface area contributed by atoms with E-state index in [1.165, 1.54) is 6.07 Å². The van der Waals surface area contributed by atoms with Crippen molar-refractivity contribution in [1.29, 1.82) is 0 Å². The largest absolute Gasteiger partial charge is 0.204 e. The van der Waals surface area contributed by atoms with Crippen LogP contribution in [0.2, 0.25) is 0 Å². The van der Waals surface area contributed by atoms with Crippen LogP contribution in [0.25, 0.3) is 0 Å². The maximum absolute atomic E-state index is 13.2. The Labute approximate surface area is 87.9 Å². The Morgan fingerprint density at radius 2 is 1.93 bits per heavy atom. The topological polar surface area (TPSA) is 0 Å². The molecule has 0 nitrogen and oxygen atoms in total. The highest BCUT2D eigenvalue weighted by Crippen LogP contribution is 2.19. The molecule has 0 aliphatic heterocycles. The molecule has 0 heterocycles. The lowest BCUT2D eigenvalue weighted by molar-refractivity contribution is 0.491. The third-order valence-electron chi connectivity index (χ3n) is 2.17. The minimum atomic E-state index is -0.810. The summed E-state index contributed by atoms with van der Waals surface area (Å²) in [6.45, 7) is 3.91. The molecule has 0 bridgehead atoms. The minimum absolute atomic E-state index is 0.161. The van der Waals surface area contributed by atoms with Gasteiger partial charge in [-0.25, -0.2) is 8.78 Å². The van der Waals surface area contributed by atoms with Crippen molar-refractivity contribution >= 4 is 11.6 Å². The molecule has 1 atom stereocenters. The number of benzene rings is 1. The van der Waals surface area contributed by atoms with E-state index in [0.29, 0.717) is 12.0 Å². The predicted molar refractivity (Wildman–Crippen MR) is 54.5 cm³/mol. The first-order chi connectivity index (χ1) is 6.52. The van der Waals surface area contributed by atoms with Crippen molar-refractivity contribution in [2.75, 3.05) is 0 Å². The fraction of sp³-hybridized carbons (Fsp3) is 0.455. The molecular weight excluding hydrogens is 206 g/mol. The Hall–Kier alpha value is -0.630. The van der Waals surface area contributed by atoms with Crippen molar-refractivity contribution in [3.63, 3.8) is 0 Å². The van der Waals surface area contributed by atoms with Gasteiger partial charge < -0.3 is 0 Å². The van der Waals surface area contributed by atoms with Crippen LogP contribution in [0.3, 0.4) is 0 Å². The van der Waals surface area contributed by atoms with Gasteiger partial charge in [0, 0.05) is 5.38 Å². The van der Waals surface area contributed by atoms with Crippen molar-refractivity contribution in [3.05, 3.63) is 35.4 Å². The van der Waals surface area contributed by atoms with Gasteiger partial charge in [-0.05, 0) is 24.0 Å². The Kier molecular flexibility index (Phi) is 3.87. The molecule has 0 spiro atoms. The van der Waals surface area contributed by atoms with Gasteiger partial charge >= 0.3 is 0 Å². The van der Waals surface area contributed by atoms with Gasteiger partial charge in [-0.15, -0.1) is 11.6 Å². The molecule has 0 aromatic heterocycles. The smallest absolute Gasteiger partial charge is 0.162 e. The highest BCUT2D eigenvalue weighted by Gasteiger charge is 2.14. The van der Waals surface area contributed by atoms with E-state index in [1.807, 2.05) is 13.8 Å². The van der Waals surface area contributed by atoms with Crippen molar-refractivity contribution in [3.8, 4) is 0 Å². The molecule has 1 aromatic carbocycles. The van der Waals surface area contributed by atoms with E-state index in [9.17, 15) is 8.78 Å². The van der Waals surface area contributed by atoms with Crippen LogP contribution in [0, 0.1) is 17.6 Å². The molecule has 3 heteroatoms. The number of rotatable bonds is 3. The summed E-state index contributed by atoms with van der Waals surface area (Å²) < 4.78 is 26.0. The second-order valence-electron chi connectivity index (χ2n) is 3.68. The van der Waals surface area contributed by atoms with Gasteiger partial charge in [-0.2, -0.15) is 0 Å². The van der Waals surface area contributed by atoms with Gasteiger partial charge in [0.25, 0.3) is 0 Å². The molecule has 1 aromatic rings. The third kappa shape index (κ3) is 2.68. The first kappa shape index (κ1) is 11.4. The van der Waals surface area contributed by atoms with Crippen LogP contribution in [0.1, 0.15) is 19.4 Å². The number of hydrogen-bond acceptors (Lipinski definition) is 0. The fourth-order valence-corrected chi connectivity index (χ4v) is 1.32. The van der Waals surface area contributed by atoms with E-state index in [1.54, 1.807) is 6.07 Å². The molecule has 0 radical (unpaired) electrons. The monoisotopic (exact) mass is 218 g/mol. The highest BCUT2D eigenvalue weighted by molar-refractivity contribution is 6.20. The zero-order valence-corrected chi connectivity index (χ0v) is 8.98. The summed E-state index contributed by atoms with van der Waals surface area (Å²) in [5.41, 5.74) is 0.346. The van der Waals surface area contributed by atoms with Gasteiger partial charge in [-0.3, -0.25) is 0 Å². The average molecular weight is 219 g/mol. The first-order valence-electron chi connectivity index (χ1n) is 4.59. The maximum atomic E-state index is 13.2. The first-order valence-corrected chi connectivity index (χ1v) is 5.03. The summed E-state index contributed by atoms with van der Waals surface area (Å²) in [6.07, 6.45) is 0.364. The van der Waals surface area contributed by atoms with Gasteiger partial charge in [-0.1, -0.05) is 26.0 Å². The summed E-state index contributed by atoms with van der Waals surface area (Å²) in [5.74, 6) is -1.34. The number of alkyl halides is 1. The van der Waals surface area contributed by atoms with Gasteiger partial charge in [0.05, 0.1) is 0 Å². The van der Waals surface area contributed by atoms with Crippen LogP contribution in [0.4, 0.5) is 8.78 Å². The van der Waals surface area contributed by atoms with Gasteiger partial charge in [0.2, 0.25) is 0 Å². The SMILES string of the molecule is CC(C)C(Cl)Cc1cccc(F)c1F. The van der Waals surface area contributed by atoms with Crippen LogP contribution in [-0.4, -0.2) is 5.38 Å². The van der Waals surface area contributed by atoms with Crippen LogP contribution in [0.5, 0.6) is 0 Å². The predicted octanol–water partition coefficient (Wildman–Crippen LogP) is 3.77. The van der Waals surface area contributed by atoms with Gasteiger partial charge in [0.1, 0.15) is 0 Å². The van der Waals surface area contributed by atoms with E-state index in [0.717, 1.165) is 6.07 Å². The van der Waals surface area contributed by atoms with E-state index in [4.69, 9.17) is 11.6 Å². The lowest BCUT2D eigenvalue weighted by Gasteiger charge is -2.13. The molecule has 1 unspecified atom stereocenters. The molecule has 0 saturated carbocycles. The molecule has 1 rings (SSSR count). The van der Waals surface area contributed by atoms with Crippen molar-refractivity contribution < 1.29 is 8.78 Å². The Bertz CT molecular complexity index is 310. The minimum Gasteiger partial charge on any atom is -0.204 e. The molecule has 0 aliphatic rings. The lowest BCUT2D eigenvalue weighted by atomic mass is 10.0. The van der Waals surface area contributed by atoms with Crippen LogP contribution in [-0.2, 0) is 6.42 Å². The number of hydrogen-bond donors (Lipinski definition) is 0. The molecule has 78 valence electrons. The second-order valence-corrected chi connectivity index (χ2v) is 4.24. The normalized spacial score (nSPS) is 13.3. The maximum Gasteiger partial charge on any atom is 0.162 e. The zero-order chi connectivity index (χ0) is 10.7. The van der Waals surface area contributed by atoms with E-state index >= 15 is 0 Å². The van der Waals surface area contributed by atoms with Gasteiger partial charge in [0.15, 0.2) is 11.6 Å². The Morgan fingerprint density at radius 3 is 2.50 bits per heavy atom. The molecule has 0 fully saturated rings. The Morgan fingerprint density at radius 1 is 1.29 bits per heavy atom. The molecule has 0 saturated heterocycles. The average Bonchev–Trinajstić information content (AvgIpc) is 2.12.